The van der Waals surface area contributed by atoms with Gasteiger partial charge in [-0.2, -0.15) is 0 Å². The summed E-state index contributed by atoms with van der Waals surface area (Å²) >= 11 is 0. The average molecular weight is 287 g/mol. The number of hydrogen-bond acceptors (Lipinski definition) is 3. The Morgan fingerprint density at radius 1 is 1.05 bits per heavy atom. The standard InChI is InChI=1S/C17H25N3O/c1-18-10-12-20(13-11-18)17(21)7-9-19-8-6-15-4-2-3-5-16(15)14-19/h2-5H,6-14H2,1H3. The predicted octanol–water partition coefficient (Wildman–Crippen LogP) is 1.21. The lowest BCUT2D eigenvalue weighted by Crippen LogP contribution is -2.47. The topological polar surface area (TPSA) is 26.8 Å². The molecule has 2 heterocycles. The summed E-state index contributed by atoms with van der Waals surface area (Å²) in [5, 5.41) is 0. The number of nitrogens with zero attached hydrogens (tertiary/aromatic N) is 3. The summed E-state index contributed by atoms with van der Waals surface area (Å²) in [6, 6.07) is 8.66. The zero-order valence-electron chi connectivity index (χ0n) is 12.9. The minimum atomic E-state index is 0.321. The molecule has 4 nitrogen and oxygen atoms in total. The summed E-state index contributed by atoms with van der Waals surface area (Å²) in [7, 11) is 2.12. The van der Waals surface area contributed by atoms with Crippen molar-refractivity contribution in [2.45, 2.75) is 19.4 Å². The molecule has 21 heavy (non-hydrogen) atoms. The van der Waals surface area contributed by atoms with Crippen molar-refractivity contribution >= 4 is 5.91 Å². The molecule has 0 bridgehead atoms. The Kier molecular flexibility index (Phi) is 4.56. The molecule has 2 aliphatic heterocycles. The Labute approximate surface area is 127 Å². The number of benzene rings is 1. The lowest BCUT2D eigenvalue weighted by Gasteiger charge is -2.33. The first kappa shape index (κ1) is 14.5. The fraction of sp³-hybridized carbons (Fsp3) is 0.588. The van der Waals surface area contributed by atoms with Gasteiger partial charge in [-0.3, -0.25) is 9.69 Å². The second-order valence-electron chi connectivity index (χ2n) is 6.23. The molecule has 0 radical (unpaired) electrons. The van der Waals surface area contributed by atoms with Gasteiger partial charge in [0.05, 0.1) is 0 Å². The third-order valence-corrected chi connectivity index (χ3v) is 4.71. The van der Waals surface area contributed by atoms with E-state index in [0.29, 0.717) is 12.3 Å². The van der Waals surface area contributed by atoms with E-state index in [0.717, 1.165) is 52.2 Å². The van der Waals surface area contributed by atoms with Gasteiger partial charge in [0.25, 0.3) is 0 Å². The van der Waals surface area contributed by atoms with Gasteiger partial charge >= 0.3 is 0 Å². The molecule has 0 atom stereocenters. The van der Waals surface area contributed by atoms with Crippen molar-refractivity contribution in [3.8, 4) is 0 Å². The Morgan fingerprint density at radius 3 is 2.52 bits per heavy atom. The molecule has 0 aromatic heterocycles. The number of likely N-dealkylation sites (N-methyl/N-ethyl adjacent to an activating group) is 1. The Hall–Kier alpha value is -1.39. The highest BCUT2D eigenvalue weighted by molar-refractivity contribution is 5.76. The maximum atomic E-state index is 12.3. The molecule has 3 rings (SSSR count). The molecule has 0 aliphatic carbocycles. The molecule has 0 unspecified atom stereocenters. The van der Waals surface area contributed by atoms with Crippen LogP contribution in [-0.2, 0) is 17.8 Å². The summed E-state index contributed by atoms with van der Waals surface area (Å²) in [5.41, 5.74) is 2.90. The summed E-state index contributed by atoms with van der Waals surface area (Å²) < 4.78 is 0. The van der Waals surface area contributed by atoms with Crippen molar-refractivity contribution in [1.29, 1.82) is 0 Å². The van der Waals surface area contributed by atoms with Crippen LogP contribution in [0.4, 0.5) is 0 Å². The van der Waals surface area contributed by atoms with Crippen LogP contribution in [0.2, 0.25) is 0 Å². The largest absolute Gasteiger partial charge is 0.340 e. The van der Waals surface area contributed by atoms with Crippen LogP contribution in [0.3, 0.4) is 0 Å². The van der Waals surface area contributed by atoms with Gasteiger partial charge in [-0.15, -0.1) is 0 Å². The van der Waals surface area contributed by atoms with Crippen molar-refractivity contribution < 1.29 is 4.79 Å². The third kappa shape index (κ3) is 3.63. The van der Waals surface area contributed by atoms with E-state index in [1.54, 1.807) is 0 Å². The van der Waals surface area contributed by atoms with Crippen LogP contribution in [0, 0.1) is 0 Å². The van der Waals surface area contributed by atoms with Crippen molar-refractivity contribution in [2.24, 2.45) is 0 Å². The number of piperazine rings is 1. The van der Waals surface area contributed by atoms with Crippen LogP contribution in [-0.4, -0.2) is 66.9 Å². The first-order valence-corrected chi connectivity index (χ1v) is 7.98. The van der Waals surface area contributed by atoms with Crippen LogP contribution < -0.4 is 0 Å². The molecule has 1 aromatic rings. The van der Waals surface area contributed by atoms with Crippen molar-refractivity contribution in [3.05, 3.63) is 35.4 Å². The van der Waals surface area contributed by atoms with Crippen molar-refractivity contribution in [3.63, 3.8) is 0 Å². The van der Waals surface area contributed by atoms with Crippen LogP contribution in [0.5, 0.6) is 0 Å². The number of carbonyl (C=O) groups is 1. The zero-order valence-corrected chi connectivity index (χ0v) is 12.9. The van der Waals surface area contributed by atoms with Gasteiger partial charge in [-0.1, -0.05) is 24.3 Å². The number of rotatable bonds is 3. The Bertz CT molecular complexity index is 495. The first-order valence-electron chi connectivity index (χ1n) is 7.98. The van der Waals surface area contributed by atoms with Crippen molar-refractivity contribution in [2.75, 3.05) is 46.3 Å². The molecule has 0 N–H and O–H groups in total. The summed E-state index contributed by atoms with van der Waals surface area (Å²) in [4.78, 5) is 19.0. The van der Waals surface area contributed by atoms with E-state index in [-0.39, 0.29) is 0 Å². The quantitative estimate of drug-likeness (QED) is 0.836. The maximum absolute atomic E-state index is 12.3. The van der Waals surface area contributed by atoms with E-state index in [4.69, 9.17) is 0 Å². The van der Waals surface area contributed by atoms with Gasteiger partial charge in [0.15, 0.2) is 0 Å². The second-order valence-corrected chi connectivity index (χ2v) is 6.23. The molecule has 4 heteroatoms. The van der Waals surface area contributed by atoms with Crippen LogP contribution in [0.15, 0.2) is 24.3 Å². The Morgan fingerprint density at radius 2 is 1.76 bits per heavy atom. The van der Waals surface area contributed by atoms with E-state index in [9.17, 15) is 4.79 Å². The minimum Gasteiger partial charge on any atom is -0.340 e. The van der Waals surface area contributed by atoms with E-state index >= 15 is 0 Å². The predicted molar refractivity (Wildman–Crippen MR) is 84.1 cm³/mol. The van der Waals surface area contributed by atoms with Crippen LogP contribution in [0.25, 0.3) is 0 Å². The van der Waals surface area contributed by atoms with Gasteiger partial charge in [-0.25, -0.2) is 0 Å². The zero-order chi connectivity index (χ0) is 14.7. The fourth-order valence-electron chi connectivity index (χ4n) is 3.21. The van der Waals surface area contributed by atoms with Gasteiger partial charge in [0.2, 0.25) is 5.91 Å². The summed E-state index contributed by atoms with van der Waals surface area (Å²) in [5.74, 6) is 0.321. The molecular weight excluding hydrogens is 262 g/mol. The molecule has 1 aromatic carbocycles. The van der Waals surface area contributed by atoms with Crippen molar-refractivity contribution in [1.82, 2.24) is 14.7 Å². The van der Waals surface area contributed by atoms with E-state index in [1.807, 2.05) is 4.90 Å². The van der Waals surface area contributed by atoms with Gasteiger partial charge in [0.1, 0.15) is 0 Å². The Balaban J connectivity index is 1.47. The second kappa shape index (κ2) is 6.58. The minimum absolute atomic E-state index is 0.321. The number of carbonyl (C=O) groups excluding carboxylic acids is 1. The van der Waals surface area contributed by atoms with E-state index in [2.05, 4.69) is 41.1 Å². The molecule has 1 amide bonds. The number of amides is 1. The van der Waals surface area contributed by atoms with E-state index in [1.165, 1.54) is 11.1 Å². The highest BCUT2D eigenvalue weighted by atomic mass is 16.2. The average Bonchev–Trinajstić information content (AvgIpc) is 2.53. The summed E-state index contributed by atoms with van der Waals surface area (Å²) in [6.07, 6.45) is 1.77. The first-order chi connectivity index (χ1) is 10.2. The maximum Gasteiger partial charge on any atom is 0.223 e. The van der Waals surface area contributed by atoms with Gasteiger partial charge < -0.3 is 9.80 Å². The fourth-order valence-corrected chi connectivity index (χ4v) is 3.21. The molecule has 0 saturated carbocycles. The molecule has 1 fully saturated rings. The third-order valence-electron chi connectivity index (χ3n) is 4.71. The molecule has 2 aliphatic rings. The smallest absolute Gasteiger partial charge is 0.223 e. The van der Waals surface area contributed by atoms with Crippen LogP contribution >= 0.6 is 0 Å². The SMILES string of the molecule is CN1CCN(C(=O)CCN2CCc3ccccc3C2)CC1. The number of fused-ring (bicyclic) bond motifs is 1. The lowest BCUT2D eigenvalue weighted by molar-refractivity contribution is -0.133. The molecule has 1 saturated heterocycles. The molecular formula is C17H25N3O. The summed E-state index contributed by atoms with van der Waals surface area (Å²) in [6.45, 7) is 6.74. The highest BCUT2D eigenvalue weighted by Crippen LogP contribution is 2.18. The highest BCUT2D eigenvalue weighted by Gasteiger charge is 2.21. The molecule has 0 spiro atoms. The van der Waals surface area contributed by atoms with E-state index < -0.39 is 0 Å². The number of hydrogen-bond donors (Lipinski definition) is 0. The molecule has 114 valence electrons. The van der Waals surface area contributed by atoms with Crippen LogP contribution in [0.1, 0.15) is 17.5 Å². The monoisotopic (exact) mass is 287 g/mol. The van der Waals surface area contributed by atoms with Gasteiger partial charge in [0, 0.05) is 52.2 Å². The lowest BCUT2D eigenvalue weighted by atomic mass is 10.00. The van der Waals surface area contributed by atoms with Gasteiger partial charge in [-0.05, 0) is 24.6 Å². The normalized spacial score (nSPS) is 20.3.